The fourth-order valence-corrected chi connectivity index (χ4v) is 3.64. The predicted molar refractivity (Wildman–Crippen MR) is 120 cm³/mol. The topological polar surface area (TPSA) is 127 Å². The van der Waals surface area contributed by atoms with Crippen LogP contribution in [0.5, 0.6) is 28.7 Å². The lowest BCUT2D eigenvalue weighted by atomic mass is 9.88. The zero-order valence-electron chi connectivity index (χ0n) is 18.3. The molecule has 7 heteroatoms. The normalized spacial score (nSPS) is 16.1. The summed E-state index contributed by atoms with van der Waals surface area (Å²) in [6, 6.07) is 4.10. The van der Waals surface area contributed by atoms with Gasteiger partial charge in [-0.3, -0.25) is 4.79 Å². The molecule has 0 aliphatic carbocycles. The van der Waals surface area contributed by atoms with Crippen LogP contribution in [0.4, 0.5) is 0 Å². The summed E-state index contributed by atoms with van der Waals surface area (Å²) in [6.45, 7) is 9.14. The number of allylic oxidation sites excluding steroid dienone is 2. The first-order valence-electron chi connectivity index (χ1n) is 10.3. The molecule has 0 saturated heterocycles. The molecular formula is C25H28O7. The number of benzene rings is 2. The van der Waals surface area contributed by atoms with E-state index in [1.54, 1.807) is 6.92 Å². The summed E-state index contributed by atoms with van der Waals surface area (Å²) in [5.74, 6) is -1.66. The molecule has 0 spiro atoms. The van der Waals surface area contributed by atoms with Crippen molar-refractivity contribution in [2.45, 2.75) is 52.2 Å². The quantitative estimate of drug-likeness (QED) is 0.336. The highest BCUT2D eigenvalue weighted by Gasteiger charge is 2.36. The fraction of sp³-hybridized carbons (Fsp3) is 0.320. The summed E-state index contributed by atoms with van der Waals surface area (Å²) in [6.07, 6.45) is 0.0294. The van der Waals surface area contributed by atoms with Gasteiger partial charge in [-0.1, -0.05) is 29.9 Å². The van der Waals surface area contributed by atoms with E-state index in [0.29, 0.717) is 11.1 Å². The molecular weight excluding hydrogens is 412 g/mol. The predicted octanol–water partition coefficient (Wildman–Crippen LogP) is 4.20. The molecule has 0 amide bonds. The number of phenolic OH excluding ortho intramolecular Hbond substituents is 4. The Kier molecular flexibility index (Phi) is 6.50. The smallest absolute Gasteiger partial charge is 0.174 e. The molecule has 32 heavy (non-hydrogen) atoms. The van der Waals surface area contributed by atoms with E-state index in [4.69, 9.17) is 4.74 Å². The number of carbonyl (C=O) groups is 1. The lowest BCUT2D eigenvalue weighted by molar-refractivity contribution is 0.0838. The number of rotatable bonds is 6. The van der Waals surface area contributed by atoms with Crippen LogP contribution in [0.2, 0.25) is 0 Å². The molecule has 2 unspecified atom stereocenters. The minimum Gasteiger partial charge on any atom is -0.507 e. The summed E-state index contributed by atoms with van der Waals surface area (Å²) >= 11 is 0. The average Bonchev–Trinajstić information content (AvgIpc) is 2.71. The molecule has 0 aromatic heterocycles. The molecule has 1 aliphatic heterocycles. The highest BCUT2D eigenvalue weighted by atomic mass is 16.5. The number of aliphatic hydroxyl groups excluding tert-OH is 1. The molecule has 5 N–H and O–H groups in total. The summed E-state index contributed by atoms with van der Waals surface area (Å²) in [4.78, 5) is 13.1. The first-order valence-corrected chi connectivity index (χ1v) is 10.3. The Morgan fingerprint density at radius 1 is 1.12 bits per heavy atom. The Morgan fingerprint density at radius 3 is 2.41 bits per heavy atom. The van der Waals surface area contributed by atoms with Crippen molar-refractivity contribution >= 4 is 5.78 Å². The van der Waals surface area contributed by atoms with Crippen molar-refractivity contribution in [1.29, 1.82) is 0 Å². The molecule has 7 nitrogen and oxygen atoms in total. The lowest BCUT2D eigenvalue weighted by Gasteiger charge is -2.30. The number of ketones is 1. The van der Waals surface area contributed by atoms with Crippen molar-refractivity contribution in [3.05, 3.63) is 64.3 Å². The average molecular weight is 440 g/mol. The van der Waals surface area contributed by atoms with Crippen LogP contribution in [0, 0.1) is 0 Å². The van der Waals surface area contributed by atoms with Gasteiger partial charge in [0.05, 0.1) is 12.5 Å². The highest BCUT2D eigenvalue weighted by Crippen LogP contribution is 2.49. The third kappa shape index (κ3) is 4.43. The summed E-state index contributed by atoms with van der Waals surface area (Å²) in [7, 11) is 0. The first kappa shape index (κ1) is 23.2. The van der Waals surface area contributed by atoms with Crippen LogP contribution in [0.25, 0.3) is 0 Å². The molecule has 1 heterocycles. The third-order valence-corrected chi connectivity index (χ3v) is 5.56. The van der Waals surface area contributed by atoms with E-state index in [1.165, 1.54) is 18.2 Å². The van der Waals surface area contributed by atoms with Gasteiger partial charge >= 0.3 is 0 Å². The minimum absolute atomic E-state index is 0.00457. The second-order valence-corrected chi connectivity index (χ2v) is 8.39. The number of Topliss-reactive ketones (excluding diaryl/α,β-unsaturated/α-hetero) is 1. The van der Waals surface area contributed by atoms with E-state index >= 15 is 0 Å². The van der Waals surface area contributed by atoms with Gasteiger partial charge in [-0.2, -0.15) is 0 Å². The van der Waals surface area contributed by atoms with Gasteiger partial charge < -0.3 is 30.3 Å². The highest BCUT2D eigenvalue weighted by molar-refractivity contribution is 6.04. The Labute approximate surface area is 186 Å². The van der Waals surface area contributed by atoms with E-state index in [9.17, 15) is 30.3 Å². The lowest BCUT2D eigenvalue weighted by Crippen LogP contribution is -2.23. The van der Waals surface area contributed by atoms with Gasteiger partial charge in [-0.15, -0.1) is 0 Å². The number of hydrogen-bond donors (Lipinski definition) is 5. The van der Waals surface area contributed by atoms with Gasteiger partial charge in [-0.05, 0) is 44.9 Å². The van der Waals surface area contributed by atoms with Crippen LogP contribution in [0.1, 0.15) is 60.3 Å². The molecule has 3 rings (SSSR count). The van der Waals surface area contributed by atoms with E-state index in [0.717, 1.165) is 5.57 Å². The molecule has 1 aliphatic rings. The van der Waals surface area contributed by atoms with Crippen LogP contribution < -0.4 is 4.74 Å². The van der Waals surface area contributed by atoms with Crippen LogP contribution in [-0.2, 0) is 12.8 Å². The van der Waals surface area contributed by atoms with Crippen LogP contribution >= 0.6 is 0 Å². The second kappa shape index (κ2) is 8.96. The van der Waals surface area contributed by atoms with Crippen molar-refractivity contribution in [2.75, 3.05) is 0 Å². The molecule has 0 bridgehead atoms. The zero-order chi connectivity index (χ0) is 23.7. The van der Waals surface area contributed by atoms with Crippen LogP contribution in [-0.4, -0.2) is 37.4 Å². The van der Waals surface area contributed by atoms with Gasteiger partial charge in [0, 0.05) is 17.5 Å². The molecule has 0 radical (unpaired) electrons. The largest absolute Gasteiger partial charge is 0.507 e. The fourth-order valence-electron chi connectivity index (χ4n) is 3.64. The van der Waals surface area contributed by atoms with Gasteiger partial charge in [0.25, 0.3) is 0 Å². The SMILES string of the molecule is C=C(C)C(O)Cc1c(O)c(CC=C(C)C)c(O)c2c1OC(c1ccc(O)c(O)c1)CC2=O. The third-order valence-electron chi connectivity index (χ3n) is 5.56. The minimum atomic E-state index is -0.998. The number of fused-ring (bicyclic) bond motifs is 1. The van der Waals surface area contributed by atoms with Gasteiger partial charge in [0.2, 0.25) is 0 Å². The Morgan fingerprint density at radius 2 is 1.81 bits per heavy atom. The van der Waals surface area contributed by atoms with Crippen molar-refractivity contribution < 1.29 is 35.1 Å². The molecule has 0 fully saturated rings. The number of hydrogen-bond acceptors (Lipinski definition) is 7. The number of ether oxygens (including phenoxy) is 1. The van der Waals surface area contributed by atoms with Crippen molar-refractivity contribution in [3.8, 4) is 28.7 Å². The van der Waals surface area contributed by atoms with Crippen molar-refractivity contribution in [1.82, 2.24) is 0 Å². The van der Waals surface area contributed by atoms with Gasteiger partial charge in [0.1, 0.15) is 28.9 Å². The molecule has 2 atom stereocenters. The van der Waals surface area contributed by atoms with E-state index in [1.807, 2.05) is 19.9 Å². The molecule has 0 saturated carbocycles. The van der Waals surface area contributed by atoms with Crippen LogP contribution in [0.3, 0.4) is 0 Å². The standard InChI is InChI=1S/C25H28O7/c1-12(2)5-7-15-23(30)16(10-18(27)13(3)4)25-22(24(15)31)20(29)11-21(32-25)14-6-8-17(26)19(28)9-14/h5-6,8-9,18,21,26-28,30-31H,3,7,10-11H2,1-2,4H3. The molecule has 2 aromatic rings. The van der Waals surface area contributed by atoms with Gasteiger partial charge in [-0.25, -0.2) is 0 Å². The monoisotopic (exact) mass is 440 g/mol. The van der Waals surface area contributed by atoms with Crippen LogP contribution in [0.15, 0.2) is 42.0 Å². The Bertz CT molecular complexity index is 1110. The summed E-state index contributed by atoms with van der Waals surface area (Å²) in [5, 5.41) is 51.7. The number of carbonyl (C=O) groups excluding carboxylic acids is 1. The Hall–Kier alpha value is -3.45. The van der Waals surface area contributed by atoms with Crippen molar-refractivity contribution in [3.63, 3.8) is 0 Å². The zero-order valence-corrected chi connectivity index (χ0v) is 18.3. The molecule has 2 aromatic carbocycles. The number of aromatic hydroxyl groups is 4. The Balaban J connectivity index is 2.17. The maximum absolute atomic E-state index is 13.1. The number of phenols is 4. The maximum Gasteiger partial charge on any atom is 0.174 e. The maximum atomic E-state index is 13.1. The van der Waals surface area contributed by atoms with E-state index in [2.05, 4.69) is 6.58 Å². The second-order valence-electron chi connectivity index (χ2n) is 8.39. The number of aliphatic hydroxyl groups is 1. The van der Waals surface area contributed by atoms with Gasteiger partial charge in [0.15, 0.2) is 17.3 Å². The van der Waals surface area contributed by atoms with Crippen molar-refractivity contribution in [2.24, 2.45) is 0 Å². The van der Waals surface area contributed by atoms with E-state index in [-0.39, 0.29) is 64.7 Å². The summed E-state index contributed by atoms with van der Waals surface area (Å²) in [5.41, 5.74) is 2.23. The summed E-state index contributed by atoms with van der Waals surface area (Å²) < 4.78 is 6.05. The molecule has 170 valence electrons. The first-order chi connectivity index (χ1) is 15.0. The van der Waals surface area contributed by atoms with E-state index < -0.39 is 18.0 Å².